The average Bonchev–Trinajstić information content (AvgIpc) is 2.41. The molecule has 20 heavy (non-hydrogen) atoms. The van der Waals surface area contributed by atoms with Gasteiger partial charge in [-0.25, -0.2) is 4.98 Å². The zero-order valence-corrected chi connectivity index (χ0v) is 15.1. The third-order valence-electron chi connectivity index (χ3n) is 2.85. The summed E-state index contributed by atoms with van der Waals surface area (Å²) in [5.41, 5.74) is 1.44. The van der Waals surface area contributed by atoms with Crippen LogP contribution in [0.25, 0.3) is 11.4 Å². The Morgan fingerprint density at radius 1 is 1.40 bits per heavy atom. The molecular formula is C14H14BrIN2O2. The van der Waals surface area contributed by atoms with Crippen LogP contribution < -0.4 is 10.3 Å². The Morgan fingerprint density at radius 2 is 2.10 bits per heavy atom. The molecule has 1 N–H and O–H groups in total. The smallest absolute Gasteiger partial charge is 0.264 e. The van der Waals surface area contributed by atoms with Crippen molar-refractivity contribution in [3.63, 3.8) is 0 Å². The lowest BCUT2D eigenvalue weighted by atomic mass is 10.1. The van der Waals surface area contributed by atoms with Gasteiger partial charge in [-0.15, -0.1) is 0 Å². The Morgan fingerprint density at radius 3 is 2.70 bits per heavy atom. The number of methoxy groups -OCH3 is 1. The second-order valence-electron chi connectivity index (χ2n) is 4.61. The van der Waals surface area contributed by atoms with E-state index in [9.17, 15) is 4.79 Å². The monoisotopic (exact) mass is 448 g/mol. The van der Waals surface area contributed by atoms with Crippen molar-refractivity contribution in [2.45, 2.75) is 19.8 Å². The molecule has 0 spiro atoms. The van der Waals surface area contributed by atoms with E-state index < -0.39 is 0 Å². The molecule has 106 valence electrons. The molecule has 0 fully saturated rings. The molecule has 0 amide bonds. The summed E-state index contributed by atoms with van der Waals surface area (Å²) in [6.45, 7) is 4.04. The first-order chi connectivity index (χ1) is 9.43. The minimum Gasteiger partial charge on any atom is -0.496 e. The minimum absolute atomic E-state index is 0.124. The van der Waals surface area contributed by atoms with Gasteiger partial charge in [-0.2, -0.15) is 0 Å². The highest BCUT2D eigenvalue weighted by Gasteiger charge is 2.15. The first-order valence-corrected chi connectivity index (χ1v) is 7.94. The second-order valence-corrected chi connectivity index (χ2v) is 6.61. The fraction of sp³-hybridized carbons (Fsp3) is 0.286. The van der Waals surface area contributed by atoms with Gasteiger partial charge in [0.05, 0.1) is 21.9 Å². The molecule has 1 heterocycles. The molecule has 1 aromatic carbocycles. The molecule has 0 unspecified atom stereocenters. The van der Waals surface area contributed by atoms with Crippen molar-refractivity contribution >= 4 is 38.5 Å². The van der Waals surface area contributed by atoms with Gasteiger partial charge in [0, 0.05) is 4.47 Å². The van der Waals surface area contributed by atoms with E-state index in [1.54, 1.807) is 7.11 Å². The number of ether oxygens (including phenoxy) is 1. The maximum absolute atomic E-state index is 12.1. The number of aromatic amines is 1. The molecule has 0 atom stereocenters. The van der Waals surface area contributed by atoms with Gasteiger partial charge in [0.15, 0.2) is 0 Å². The molecule has 1 aromatic heterocycles. The van der Waals surface area contributed by atoms with Gasteiger partial charge < -0.3 is 9.72 Å². The molecule has 0 radical (unpaired) electrons. The third-order valence-corrected chi connectivity index (χ3v) is 4.39. The summed E-state index contributed by atoms with van der Waals surface area (Å²) in [4.78, 5) is 19.5. The van der Waals surface area contributed by atoms with E-state index in [2.05, 4.69) is 25.9 Å². The van der Waals surface area contributed by atoms with Crippen molar-refractivity contribution in [1.82, 2.24) is 9.97 Å². The Kier molecular flexibility index (Phi) is 4.85. The van der Waals surface area contributed by atoms with Crippen LogP contribution in [0.4, 0.5) is 0 Å². The fourth-order valence-electron chi connectivity index (χ4n) is 1.85. The highest BCUT2D eigenvalue weighted by molar-refractivity contribution is 14.1. The van der Waals surface area contributed by atoms with Crippen molar-refractivity contribution in [2.75, 3.05) is 7.11 Å². The highest BCUT2D eigenvalue weighted by Crippen LogP contribution is 2.31. The molecule has 0 aliphatic rings. The van der Waals surface area contributed by atoms with E-state index >= 15 is 0 Å². The first kappa shape index (κ1) is 15.5. The Hall–Kier alpha value is -0.890. The normalized spacial score (nSPS) is 10.9. The summed E-state index contributed by atoms with van der Waals surface area (Å²) in [5.74, 6) is 1.38. The van der Waals surface area contributed by atoms with Crippen molar-refractivity contribution in [3.8, 4) is 17.1 Å². The molecular weight excluding hydrogens is 435 g/mol. The molecule has 0 saturated carbocycles. The maximum Gasteiger partial charge on any atom is 0.264 e. The zero-order chi connectivity index (χ0) is 14.9. The molecule has 4 nitrogen and oxygen atoms in total. The fourth-order valence-corrected chi connectivity index (χ4v) is 3.09. The van der Waals surface area contributed by atoms with Crippen molar-refractivity contribution < 1.29 is 4.74 Å². The predicted octanol–water partition coefficient (Wildman–Crippen LogP) is 3.94. The summed E-state index contributed by atoms with van der Waals surface area (Å²) >= 11 is 5.46. The van der Waals surface area contributed by atoms with E-state index in [1.807, 2.05) is 54.6 Å². The zero-order valence-electron chi connectivity index (χ0n) is 11.3. The number of rotatable bonds is 3. The molecule has 0 aliphatic heterocycles. The van der Waals surface area contributed by atoms with Gasteiger partial charge in [0.2, 0.25) is 0 Å². The molecule has 2 rings (SSSR count). The lowest BCUT2D eigenvalue weighted by molar-refractivity contribution is 0.416. The van der Waals surface area contributed by atoms with Crippen molar-refractivity contribution in [2.24, 2.45) is 0 Å². The number of H-pyrrole nitrogens is 1. The van der Waals surface area contributed by atoms with Gasteiger partial charge in [0.25, 0.3) is 5.56 Å². The molecule has 0 aliphatic carbocycles. The van der Waals surface area contributed by atoms with Gasteiger partial charge >= 0.3 is 0 Å². The van der Waals surface area contributed by atoms with Gasteiger partial charge in [-0.3, -0.25) is 4.79 Å². The lowest BCUT2D eigenvalue weighted by Crippen LogP contribution is -2.17. The lowest BCUT2D eigenvalue weighted by Gasteiger charge is -2.12. The van der Waals surface area contributed by atoms with Crippen LogP contribution in [0.15, 0.2) is 27.5 Å². The van der Waals surface area contributed by atoms with Gasteiger partial charge in [0.1, 0.15) is 11.6 Å². The van der Waals surface area contributed by atoms with Crippen molar-refractivity contribution in [1.29, 1.82) is 0 Å². The maximum atomic E-state index is 12.1. The number of halogens is 2. The summed E-state index contributed by atoms with van der Waals surface area (Å²) in [6, 6.07) is 5.61. The van der Waals surface area contributed by atoms with Crippen LogP contribution in [0.3, 0.4) is 0 Å². The van der Waals surface area contributed by atoms with Crippen molar-refractivity contribution in [3.05, 3.63) is 42.3 Å². The van der Waals surface area contributed by atoms with Crippen LogP contribution in [0.5, 0.6) is 5.75 Å². The minimum atomic E-state index is -0.124. The second kappa shape index (κ2) is 6.26. The number of hydrogen-bond acceptors (Lipinski definition) is 3. The van der Waals surface area contributed by atoms with Crippen LogP contribution in [0, 0.1) is 3.57 Å². The van der Waals surface area contributed by atoms with E-state index in [-0.39, 0.29) is 11.5 Å². The topological polar surface area (TPSA) is 55.0 Å². The average molecular weight is 449 g/mol. The quantitative estimate of drug-likeness (QED) is 0.723. The Balaban J connectivity index is 2.70. The summed E-state index contributed by atoms with van der Waals surface area (Å²) in [7, 11) is 1.60. The van der Waals surface area contributed by atoms with Crippen LogP contribution in [-0.4, -0.2) is 17.1 Å². The number of benzene rings is 1. The van der Waals surface area contributed by atoms with E-state index in [1.165, 1.54) is 0 Å². The molecule has 6 heteroatoms. The highest BCUT2D eigenvalue weighted by atomic mass is 127. The summed E-state index contributed by atoms with van der Waals surface area (Å²) in [5, 5.41) is 0. The molecule has 0 bridgehead atoms. The number of nitrogens with one attached hydrogen (secondary N) is 1. The molecule has 0 saturated heterocycles. The van der Waals surface area contributed by atoms with Gasteiger partial charge in [-0.1, -0.05) is 29.8 Å². The largest absolute Gasteiger partial charge is 0.496 e. The standard InChI is InChI=1S/C14H14BrIN2O2/c1-7(2)12-11(16)14(19)18-13(17-12)9-6-8(15)4-5-10(9)20-3/h4-7H,1-3H3,(H,17,18,19). The third kappa shape index (κ3) is 3.06. The predicted molar refractivity (Wildman–Crippen MR) is 91.4 cm³/mol. The van der Waals surface area contributed by atoms with Crippen LogP contribution in [0.2, 0.25) is 0 Å². The van der Waals surface area contributed by atoms with Gasteiger partial charge in [-0.05, 0) is 46.7 Å². The number of hydrogen-bond donors (Lipinski definition) is 1. The SMILES string of the molecule is COc1ccc(Br)cc1-c1nc(C(C)C)c(I)c(=O)[nH]1. The summed E-state index contributed by atoms with van der Waals surface area (Å²) in [6.07, 6.45) is 0. The Bertz CT molecular complexity index is 698. The van der Waals surface area contributed by atoms with Crippen LogP contribution in [-0.2, 0) is 0 Å². The van der Waals surface area contributed by atoms with E-state index in [0.29, 0.717) is 15.1 Å². The van der Waals surface area contributed by atoms with E-state index in [4.69, 9.17) is 4.74 Å². The van der Waals surface area contributed by atoms with Crippen LogP contribution >= 0.6 is 38.5 Å². The Labute approximate surface area is 139 Å². The number of nitrogens with zero attached hydrogens (tertiary/aromatic N) is 1. The first-order valence-electron chi connectivity index (χ1n) is 6.07. The summed E-state index contributed by atoms with van der Waals surface area (Å²) < 4.78 is 6.88. The number of aromatic nitrogens is 2. The molecule has 2 aromatic rings. The van der Waals surface area contributed by atoms with Crippen LogP contribution in [0.1, 0.15) is 25.5 Å². The van der Waals surface area contributed by atoms with E-state index in [0.717, 1.165) is 15.7 Å².